The molecular weight excluding hydrogens is 174 g/mol. The first-order valence-electron chi connectivity index (χ1n) is 3.62. The number of aromatic amines is 1. The van der Waals surface area contributed by atoms with Gasteiger partial charge in [0, 0.05) is 10.9 Å². The van der Waals surface area contributed by atoms with Crippen LogP contribution in [0.25, 0.3) is 10.9 Å². The largest absolute Gasteiger partial charge is 0.497 e. The highest BCUT2D eigenvalue weighted by Gasteiger charge is 1.99. The second-order valence-electron chi connectivity index (χ2n) is 2.57. The summed E-state index contributed by atoms with van der Waals surface area (Å²) >= 11 is 5.78. The van der Waals surface area contributed by atoms with E-state index in [0.717, 1.165) is 16.7 Å². The number of fused-ring (bicyclic) bond motifs is 1. The Kier molecular flexibility index (Phi) is 1.70. The number of ether oxygens (including phenoxy) is 1. The van der Waals surface area contributed by atoms with E-state index in [1.807, 2.05) is 24.3 Å². The van der Waals surface area contributed by atoms with Crippen molar-refractivity contribution in [1.82, 2.24) is 4.98 Å². The first-order chi connectivity index (χ1) is 5.79. The molecule has 0 saturated heterocycles. The fourth-order valence-corrected chi connectivity index (χ4v) is 1.42. The fourth-order valence-electron chi connectivity index (χ4n) is 1.20. The molecule has 0 fully saturated rings. The average Bonchev–Trinajstić information content (AvgIpc) is 2.43. The van der Waals surface area contributed by atoms with Gasteiger partial charge in [-0.25, -0.2) is 0 Å². The molecule has 0 aliphatic rings. The van der Waals surface area contributed by atoms with Crippen LogP contribution < -0.4 is 4.74 Å². The van der Waals surface area contributed by atoms with Crippen molar-refractivity contribution in [3.63, 3.8) is 0 Å². The molecule has 1 aromatic carbocycles. The van der Waals surface area contributed by atoms with Crippen molar-refractivity contribution in [2.45, 2.75) is 0 Å². The molecule has 0 atom stereocenters. The van der Waals surface area contributed by atoms with E-state index in [0.29, 0.717) is 5.15 Å². The number of aromatic nitrogens is 1. The number of halogens is 1. The Balaban J connectivity index is 2.66. The second-order valence-corrected chi connectivity index (χ2v) is 2.98. The first-order valence-corrected chi connectivity index (χ1v) is 3.99. The van der Waals surface area contributed by atoms with Crippen molar-refractivity contribution in [2.75, 3.05) is 7.11 Å². The van der Waals surface area contributed by atoms with Gasteiger partial charge in [-0.05, 0) is 24.3 Å². The van der Waals surface area contributed by atoms with Gasteiger partial charge in [0.25, 0.3) is 0 Å². The normalized spacial score (nSPS) is 10.5. The Morgan fingerprint density at radius 3 is 2.92 bits per heavy atom. The van der Waals surface area contributed by atoms with E-state index in [9.17, 15) is 0 Å². The van der Waals surface area contributed by atoms with E-state index in [1.165, 1.54) is 0 Å². The van der Waals surface area contributed by atoms with E-state index in [4.69, 9.17) is 16.3 Å². The zero-order chi connectivity index (χ0) is 8.55. The van der Waals surface area contributed by atoms with E-state index in [-0.39, 0.29) is 0 Å². The Bertz CT molecular complexity index is 408. The molecule has 62 valence electrons. The van der Waals surface area contributed by atoms with Crippen LogP contribution in [0.4, 0.5) is 0 Å². The van der Waals surface area contributed by atoms with Gasteiger partial charge in [0.15, 0.2) is 0 Å². The summed E-state index contributed by atoms with van der Waals surface area (Å²) in [7, 11) is 1.65. The van der Waals surface area contributed by atoms with Gasteiger partial charge < -0.3 is 9.72 Å². The van der Waals surface area contributed by atoms with Crippen LogP contribution in [0.15, 0.2) is 24.3 Å². The summed E-state index contributed by atoms with van der Waals surface area (Å²) in [6, 6.07) is 7.66. The van der Waals surface area contributed by atoms with Gasteiger partial charge in [-0.2, -0.15) is 0 Å². The topological polar surface area (TPSA) is 25.0 Å². The molecule has 2 aromatic rings. The highest BCUT2D eigenvalue weighted by molar-refractivity contribution is 6.30. The third-order valence-electron chi connectivity index (χ3n) is 1.80. The summed E-state index contributed by atoms with van der Waals surface area (Å²) < 4.78 is 5.07. The Labute approximate surface area is 75.1 Å². The summed E-state index contributed by atoms with van der Waals surface area (Å²) in [6.07, 6.45) is 0. The fraction of sp³-hybridized carbons (Fsp3) is 0.111. The molecule has 1 aromatic heterocycles. The minimum atomic E-state index is 0.651. The van der Waals surface area contributed by atoms with Crippen molar-refractivity contribution in [1.29, 1.82) is 0 Å². The molecule has 0 bridgehead atoms. The highest BCUT2D eigenvalue weighted by atomic mass is 35.5. The zero-order valence-electron chi connectivity index (χ0n) is 6.60. The number of benzene rings is 1. The average molecular weight is 182 g/mol. The van der Waals surface area contributed by atoms with Crippen LogP contribution in [-0.2, 0) is 0 Å². The summed E-state index contributed by atoms with van der Waals surface area (Å²) in [5.74, 6) is 0.846. The van der Waals surface area contributed by atoms with E-state index < -0.39 is 0 Å². The molecule has 0 aliphatic heterocycles. The van der Waals surface area contributed by atoms with Crippen LogP contribution in [0.5, 0.6) is 5.75 Å². The zero-order valence-corrected chi connectivity index (χ0v) is 7.35. The predicted molar refractivity (Wildman–Crippen MR) is 49.9 cm³/mol. The molecule has 0 amide bonds. The van der Waals surface area contributed by atoms with Crippen molar-refractivity contribution in [3.05, 3.63) is 29.4 Å². The standard InChI is InChI=1S/C9H8ClNO/c1-12-7-2-3-8-6(4-7)5-9(10)11-8/h2-5,11H,1H3. The van der Waals surface area contributed by atoms with Crippen LogP contribution in [0.1, 0.15) is 0 Å². The van der Waals surface area contributed by atoms with E-state index in [1.54, 1.807) is 7.11 Å². The first kappa shape index (κ1) is 7.50. The number of methoxy groups -OCH3 is 1. The SMILES string of the molecule is COc1ccc2[nH]c(Cl)cc2c1. The molecule has 0 aliphatic carbocycles. The summed E-state index contributed by atoms with van der Waals surface area (Å²) in [4.78, 5) is 3.02. The maximum absolute atomic E-state index is 5.78. The van der Waals surface area contributed by atoms with Gasteiger partial charge in [0.05, 0.1) is 7.11 Å². The molecule has 12 heavy (non-hydrogen) atoms. The van der Waals surface area contributed by atoms with Crippen LogP contribution >= 0.6 is 11.6 Å². The van der Waals surface area contributed by atoms with Crippen molar-refractivity contribution >= 4 is 22.5 Å². The number of rotatable bonds is 1. The lowest BCUT2D eigenvalue weighted by Crippen LogP contribution is -1.80. The Morgan fingerprint density at radius 1 is 1.33 bits per heavy atom. The predicted octanol–water partition coefficient (Wildman–Crippen LogP) is 2.83. The minimum Gasteiger partial charge on any atom is -0.497 e. The Morgan fingerprint density at radius 2 is 2.17 bits per heavy atom. The van der Waals surface area contributed by atoms with Crippen molar-refractivity contribution < 1.29 is 4.74 Å². The number of hydrogen-bond acceptors (Lipinski definition) is 1. The maximum atomic E-state index is 5.78. The van der Waals surface area contributed by atoms with E-state index >= 15 is 0 Å². The molecular formula is C9H8ClNO. The van der Waals surface area contributed by atoms with Gasteiger partial charge in [-0.3, -0.25) is 0 Å². The van der Waals surface area contributed by atoms with Crippen LogP contribution in [0.3, 0.4) is 0 Å². The van der Waals surface area contributed by atoms with Crippen molar-refractivity contribution in [2.24, 2.45) is 0 Å². The van der Waals surface area contributed by atoms with Crippen LogP contribution in [0.2, 0.25) is 5.15 Å². The van der Waals surface area contributed by atoms with Gasteiger partial charge in [-0.15, -0.1) is 0 Å². The number of H-pyrrole nitrogens is 1. The lowest BCUT2D eigenvalue weighted by molar-refractivity contribution is 0.415. The lowest BCUT2D eigenvalue weighted by Gasteiger charge is -1.97. The second kappa shape index (κ2) is 2.72. The number of nitrogens with one attached hydrogen (secondary N) is 1. The van der Waals surface area contributed by atoms with Gasteiger partial charge >= 0.3 is 0 Å². The molecule has 1 N–H and O–H groups in total. The molecule has 2 nitrogen and oxygen atoms in total. The highest BCUT2D eigenvalue weighted by Crippen LogP contribution is 2.23. The summed E-state index contributed by atoms with van der Waals surface area (Å²) in [5, 5.41) is 1.72. The van der Waals surface area contributed by atoms with Gasteiger partial charge in [0.1, 0.15) is 10.9 Å². The van der Waals surface area contributed by atoms with Gasteiger partial charge in [-0.1, -0.05) is 11.6 Å². The van der Waals surface area contributed by atoms with E-state index in [2.05, 4.69) is 4.98 Å². The monoisotopic (exact) mass is 181 g/mol. The molecule has 0 spiro atoms. The molecule has 0 unspecified atom stereocenters. The third-order valence-corrected chi connectivity index (χ3v) is 2.00. The summed E-state index contributed by atoms with van der Waals surface area (Å²) in [5.41, 5.74) is 1.03. The molecule has 1 heterocycles. The molecule has 0 radical (unpaired) electrons. The smallest absolute Gasteiger partial charge is 0.119 e. The van der Waals surface area contributed by atoms with Crippen LogP contribution in [-0.4, -0.2) is 12.1 Å². The lowest BCUT2D eigenvalue weighted by atomic mass is 10.2. The minimum absolute atomic E-state index is 0.651. The molecule has 0 saturated carbocycles. The van der Waals surface area contributed by atoms with Crippen molar-refractivity contribution in [3.8, 4) is 5.75 Å². The molecule has 3 heteroatoms. The number of hydrogen-bond donors (Lipinski definition) is 1. The Hall–Kier alpha value is -1.15. The molecule has 2 rings (SSSR count). The van der Waals surface area contributed by atoms with Crippen LogP contribution in [0, 0.1) is 0 Å². The van der Waals surface area contributed by atoms with Gasteiger partial charge in [0.2, 0.25) is 0 Å². The third kappa shape index (κ3) is 1.14. The maximum Gasteiger partial charge on any atom is 0.119 e. The quantitative estimate of drug-likeness (QED) is 0.719. The summed E-state index contributed by atoms with van der Waals surface area (Å²) in [6.45, 7) is 0.